The standard InChI is InChI=1S/C23H22Cl2N3O2/c1-23(2,3)30-22(29)20-17(15-7-5-4-6-8-15)14-27-12-11-26-28(27)21(20)16-9-10-18(24)19(25)13-16/h4-13,21H,14H2,1-3H3/q+1. The molecule has 0 fully saturated rings. The van der Waals surface area contributed by atoms with Gasteiger partial charge in [-0.1, -0.05) is 59.6 Å². The van der Waals surface area contributed by atoms with Crippen LogP contribution in [0.15, 0.2) is 66.5 Å². The maximum absolute atomic E-state index is 13.5. The zero-order valence-corrected chi connectivity index (χ0v) is 18.5. The Balaban J connectivity index is 1.96. The van der Waals surface area contributed by atoms with Crippen LogP contribution in [0.2, 0.25) is 10.0 Å². The number of aromatic nitrogens is 3. The molecule has 0 amide bonds. The first kappa shape index (κ1) is 20.6. The van der Waals surface area contributed by atoms with Crippen molar-refractivity contribution < 1.29 is 14.2 Å². The maximum atomic E-state index is 13.5. The molecule has 2 aromatic carbocycles. The first-order valence-corrected chi connectivity index (χ1v) is 10.4. The Bertz CT molecular complexity index is 1130. The van der Waals surface area contributed by atoms with Crippen LogP contribution in [0, 0.1) is 0 Å². The second kappa shape index (κ2) is 7.89. The second-order valence-corrected chi connectivity index (χ2v) is 8.98. The molecule has 154 valence electrons. The van der Waals surface area contributed by atoms with Crippen LogP contribution in [-0.2, 0) is 16.1 Å². The molecule has 7 heteroatoms. The third-order valence-electron chi connectivity index (χ3n) is 4.84. The van der Waals surface area contributed by atoms with E-state index >= 15 is 0 Å². The van der Waals surface area contributed by atoms with E-state index in [0.29, 0.717) is 22.2 Å². The molecule has 0 saturated heterocycles. The minimum absolute atomic E-state index is 0.376. The Morgan fingerprint density at radius 1 is 1.13 bits per heavy atom. The molecule has 1 aliphatic rings. The van der Waals surface area contributed by atoms with Gasteiger partial charge in [0.2, 0.25) is 6.20 Å². The molecule has 1 atom stereocenters. The average Bonchev–Trinajstić information content (AvgIpc) is 3.16. The Morgan fingerprint density at radius 3 is 2.53 bits per heavy atom. The fraction of sp³-hybridized carbons (Fsp3) is 0.261. The fourth-order valence-corrected chi connectivity index (χ4v) is 3.92. The third kappa shape index (κ3) is 4.00. The van der Waals surface area contributed by atoms with Crippen LogP contribution in [0.4, 0.5) is 0 Å². The van der Waals surface area contributed by atoms with Crippen molar-refractivity contribution in [3.05, 3.63) is 87.7 Å². The number of halogens is 2. The molecule has 0 aliphatic carbocycles. The molecule has 0 bridgehead atoms. The van der Waals surface area contributed by atoms with Gasteiger partial charge < -0.3 is 4.74 Å². The number of carbonyl (C=O) groups excluding carboxylic acids is 1. The van der Waals surface area contributed by atoms with Crippen LogP contribution in [-0.4, -0.2) is 21.5 Å². The first-order valence-electron chi connectivity index (χ1n) is 9.64. The van der Waals surface area contributed by atoms with Crippen LogP contribution in [0.3, 0.4) is 0 Å². The van der Waals surface area contributed by atoms with E-state index < -0.39 is 11.6 Å². The topological polar surface area (TPSA) is 48.0 Å². The molecule has 1 unspecified atom stereocenters. The summed E-state index contributed by atoms with van der Waals surface area (Å²) in [6, 6.07) is 14.7. The molecule has 0 N–H and O–H groups in total. The first-order chi connectivity index (χ1) is 14.2. The minimum atomic E-state index is -0.633. The Hall–Kier alpha value is -2.63. The van der Waals surface area contributed by atoms with Crippen molar-refractivity contribution in [2.75, 3.05) is 0 Å². The average molecular weight is 443 g/mol. The summed E-state index contributed by atoms with van der Waals surface area (Å²) in [7, 11) is 0. The van der Waals surface area contributed by atoms with Crippen molar-refractivity contribution in [3.8, 4) is 0 Å². The summed E-state index contributed by atoms with van der Waals surface area (Å²) in [6.45, 7) is 6.08. The number of hydrogen-bond acceptors (Lipinski definition) is 3. The molecular formula is C23H22Cl2N3O2+. The van der Waals surface area contributed by atoms with Crippen molar-refractivity contribution in [1.29, 1.82) is 0 Å². The summed E-state index contributed by atoms with van der Waals surface area (Å²) in [4.78, 5) is 15.3. The summed E-state index contributed by atoms with van der Waals surface area (Å²) in [5, 5.41) is 5.36. The minimum Gasteiger partial charge on any atom is -0.457 e. The summed E-state index contributed by atoms with van der Waals surface area (Å²) in [5.41, 5.74) is 2.56. The number of allylic oxidation sites excluding steroid dienone is 1. The van der Waals surface area contributed by atoms with Crippen molar-refractivity contribution in [1.82, 2.24) is 9.90 Å². The Labute approximate surface area is 185 Å². The van der Waals surface area contributed by atoms with Gasteiger partial charge in [0.1, 0.15) is 12.1 Å². The number of fused-ring (bicyclic) bond motifs is 1. The van der Waals surface area contributed by atoms with E-state index in [-0.39, 0.29) is 5.97 Å². The van der Waals surface area contributed by atoms with Crippen molar-refractivity contribution >= 4 is 34.7 Å². The Morgan fingerprint density at radius 2 is 1.87 bits per heavy atom. The zero-order valence-electron chi connectivity index (χ0n) is 17.0. The van der Waals surface area contributed by atoms with E-state index in [1.807, 2.05) is 68.0 Å². The number of esters is 1. The lowest BCUT2D eigenvalue weighted by atomic mass is 9.89. The van der Waals surface area contributed by atoms with E-state index in [1.54, 1.807) is 23.1 Å². The molecule has 1 aliphatic heterocycles. The molecule has 30 heavy (non-hydrogen) atoms. The van der Waals surface area contributed by atoms with Crippen LogP contribution in [0.5, 0.6) is 0 Å². The van der Waals surface area contributed by atoms with Gasteiger partial charge in [-0.2, -0.15) is 4.68 Å². The van der Waals surface area contributed by atoms with Gasteiger partial charge in [-0.15, -0.1) is 0 Å². The molecule has 0 radical (unpaired) electrons. The molecule has 0 spiro atoms. The van der Waals surface area contributed by atoms with E-state index in [1.165, 1.54) is 0 Å². The van der Waals surface area contributed by atoms with Gasteiger partial charge in [-0.25, -0.2) is 4.79 Å². The highest BCUT2D eigenvalue weighted by Gasteiger charge is 2.40. The molecule has 2 heterocycles. The van der Waals surface area contributed by atoms with Gasteiger partial charge in [0.15, 0.2) is 12.2 Å². The van der Waals surface area contributed by atoms with E-state index in [4.69, 9.17) is 27.9 Å². The van der Waals surface area contributed by atoms with Gasteiger partial charge in [0.25, 0.3) is 0 Å². The zero-order chi connectivity index (χ0) is 21.5. The van der Waals surface area contributed by atoms with Gasteiger partial charge in [0.05, 0.1) is 15.6 Å². The number of nitrogens with zero attached hydrogens (tertiary/aromatic N) is 3. The smallest absolute Gasteiger partial charge is 0.337 e. The van der Waals surface area contributed by atoms with E-state index in [0.717, 1.165) is 16.7 Å². The molecule has 0 saturated carbocycles. The van der Waals surface area contributed by atoms with Crippen molar-refractivity contribution in [3.63, 3.8) is 0 Å². The molecule has 3 aromatic rings. The van der Waals surface area contributed by atoms with Crippen LogP contribution in [0.1, 0.15) is 37.9 Å². The van der Waals surface area contributed by atoms with Gasteiger partial charge in [-0.05, 0) is 48.8 Å². The van der Waals surface area contributed by atoms with Gasteiger partial charge in [0, 0.05) is 10.7 Å². The lowest BCUT2D eigenvalue weighted by Crippen LogP contribution is -2.51. The summed E-state index contributed by atoms with van der Waals surface area (Å²) in [6.07, 6.45) is 3.60. The number of rotatable bonds is 3. The fourth-order valence-electron chi connectivity index (χ4n) is 3.61. The van der Waals surface area contributed by atoms with Crippen LogP contribution in [0.25, 0.3) is 5.57 Å². The van der Waals surface area contributed by atoms with Crippen molar-refractivity contribution in [2.45, 2.75) is 39.0 Å². The highest BCUT2D eigenvalue weighted by atomic mass is 35.5. The second-order valence-electron chi connectivity index (χ2n) is 8.17. The summed E-state index contributed by atoms with van der Waals surface area (Å²) < 4.78 is 7.80. The van der Waals surface area contributed by atoms with Crippen molar-refractivity contribution in [2.24, 2.45) is 0 Å². The number of ether oxygens (including phenoxy) is 1. The monoisotopic (exact) mass is 442 g/mol. The van der Waals surface area contributed by atoms with Crippen LogP contribution >= 0.6 is 23.2 Å². The number of carbonyl (C=O) groups is 1. The predicted molar refractivity (Wildman–Crippen MR) is 116 cm³/mol. The largest absolute Gasteiger partial charge is 0.457 e. The predicted octanol–water partition coefficient (Wildman–Crippen LogP) is 4.88. The summed E-state index contributed by atoms with van der Waals surface area (Å²) in [5.74, 6) is -0.376. The number of hydrogen-bond donors (Lipinski definition) is 0. The molecule has 4 rings (SSSR count). The summed E-state index contributed by atoms with van der Waals surface area (Å²) >= 11 is 12.5. The maximum Gasteiger partial charge on any atom is 0.337 e. The van der Waals surface area contributed by atoms with E-state index in [9.17, 15) is 4.79 Å². The molecule has 5 nitrogen and oxygen atoms in total. The lowest BCUT2D eigenvalue weighted by molar-refractivity contribution is -0.772. The Kier molecular flexibility index (Phi) is 5.43. The highest BCUT2D eigenvalue weighted by Crippen LogP contribution is 2.37. The lowest BCUT2D eigenvalue weighted by Gasteiger charge is -2.28. The quantitative estimate of drug-likeness (QED) is 0.429. The van der Waals surface area contributed by atoms with Crippen LogP contribution < -0.4 is 4.68 Å². The third-order valence-corrected chi connectivity index (χ3v) is 5.58. The van der Waals surface area contributed by atoms with Gasteiger partial charge in [-0.3, -0.25) is 0 Å². The normalized spacial score (nSPS) is 16.4. The number of benzene rings is 2. The molecular weight excluding hydrogens is 421 g/mol. The van der Waals surface area contributed by atoms with E-state index in [2.05, 4.69) is 5.10 Å². The molecule has 1 aromatic heterocycles. The van der Waals surface area contributed by atoms with Gasteiger partial charge >= 0.3 is 5.97 Å². The highest BCUT2D eigenvalue weighted by molar-refractivity contribution is 6.42. The SMILES string of the molecule is CC(C)(C)OC(=O)C1=C(c2ccccc2)C[n+]2ccnn2C1c1ccc(Cl)c(Cl)c1.